The predicted octanol–water partition coefficient (Wildman–Crippen LogP) is 5.89. The Labute approximate surface area is 289 Å². The maximum Gasteiger partial charge on any atom is 0.434 e. The van der Waals surface area contributed by atoms with Crippen LogP contribution in [0.5, 0.6) is 0 Å². The fourth-order valence-corrected chi connectivity index (χ4v) is 10.3. The Kier molecular flexibility index (Phi) is 10.1. The summed E-state index contributed by atoms with van der Waals surface area (Å²) in [6.07, 6.45) is 14.4. The third kappa shape index (κ3) is 7.09. The number of aliphatic hydroxyl groups is 1. The highest BCUT2D eigenvalue weighted by atomic mass is 28.3. The molecule has 3 aromatic rings. The maximum absolute atomic E-state index is 13.2. The lowest BCUT2D eigenvalue weighted by atomic mass is 9.87. The highest BCUT2D eigenvalue weighted by Crippen LogP contribution is 2.43. The summed E-state index contributed by atoms with van der Waals surface area (Å²) in [6, 6.07) is 12.8. The number of nitrogens with one attached hydrogen (secondary N) is 1. The number of hydrogen-bond donors (Lipinski definition) is 2. The number of fused-ring (bicyclic) bond motifs is 2. The highest BCUT2D eigenvalue weighted by molar-refractivity contribution is 6.98. The van der Waals surface area contributed by atoms with Gasteiger partial charge in [-0.25, -0.2) is 4.57 Å². The van der Waals surface area contributed by atoms with Crippen LogP contribution in [0.3, 0.4) is 0 Å². The van der Waals surface area contributed by atoms with E-state index in [1.54, 1.807) is 0 Å². The van der Waals surface area contributed by atoms with Crippen LogP contribution in [0.1, 0.15) is 66.1 Å². The van der Waals surface area contributed by atoms with Crippen molar-refractivity contribution >= 4 is 42.1 Å². The zero-order valence-corrected chi connectivity index (χ0v) is 29.9. The van der Waals surface area contributed by atoms with Gasteiger partial charge in [0, 0.05) is 37.4 Å². The Morgan fingerprint density at radius 2 is 1.90 bits per heavy atom. The Balaban J connectivity index is 1.31. The minimum Gasteiger partial charge on any atom is -0.390 e. The first kappa shape index (κ1) is 34.3. The number of aliphatic imine (C=N–C) groups is 1. The molecule has 3 heterocycles. The van der Waals surface area contributed by atoms with Crippen LogP contribution in [0.25, 0.3) is 5.57 Å². The van der Waals surface area contributed by atoms with E-state index in [9.17, 15) is 20.0 Å². The second kappa shape index (κ2) is 14.5. The monoisotopic (exact) mass is 678 g/mol. The summed E-state index contributed by atoms with van der Waals surface area (Å²) >= 11 is 0. The van der Waals surface area contributed by atoms with Gasteiger partial charge in [0.1, 0.15) is 26.6 Å². The standard InChI is InChI=1S/C38H46N6O4Si/c1-5-6-7-16-39-28-11-14-32-34(22-28)49(3,4)35-23-29(42-18-8-9-19-42)12-15-33(35)36(32)31-13-10-27(21-26(31)2)37(46)41-24-30(45)25-43-20-17-40-38(43)44(47)48/h10-15,17,20-23,30,45H,5-9,16,18-19,24-25H2,1-4H3,(H,41,46). The number of amides is 1. The van der Waals surface area contributed by atoms with Crippen LogP contribution < -0.4 is 15.4 Å². The summed E-state index contributed by atoms with van der Waals surface area (Å²) in [5.74, 6) is -0.669. The molecule has 1 atom stereocenters. The molecule has 2 aliphatic heterocycles. The van der Waals surface area contributed by atoms with E-state index in [-0.39, 0.29) is 24.9 Å². The lowest BCUT2D eigenvalue weighted by Gasteiger charge is -2.39. The van der Waals surface area contributed by atoms with Crippen LogP contribution in [0.15, 0.2) is 82.8 Å². The molecular weight excluding hydrogens is 633 g/mol. The molecule has 11 heteroatoms. The minimum atomic E-state index is -2.11. The summed E-state index contributed by atoms with van der Waals surface area (Å²) in [6.45, 7) is 12.1. The van der Waals surface area contributed by atoms with Gasteiger partial charge in [0.15, 0.2) is 0 Å². The molecule has 0 saturated carbocycles. The molecule has 0 spiro atoms. The van der Waals surface area contributed by atoms with Gasteiger partial charge in [0.05, 0.1) is 12.3 Å². The van der Waals surface area contributed by atoms with E-state index in [2.05, 4.69) is 71.6 Å². The predicted molar refractivity (Wildman–Crippen MR) is 198 cm³/mol. The molecule has 0 bridgehead atoms. The minimum absolute atomic E-state index is 0.0570. The first-order valence-corrected chi connectivity index (χ1v) is 20.4. The van der Waals surface area contributed by atoms with Crippen molar-refractivity contribution in [1.82, 2.24) is 14.9 Å². The lowest BCUT2D eigenvalue weighted by molar-refractivity contribution is -0.397. The molecule has 1 aromatic heterocycles. The summed E-state index contributed by atoms with van der Waals surface area (Å²) in [5.41, 5.74) is 8.57. The van der Waals surface area contributed by atoms with Crippen molar-refractivity contribution in [2.45, 2.75) is 71.7 Å². The van der Waals surface area contributed by atoms with Gasteiger partial charge in [0.2, 0.25) is 0 Å². The van der Waals surface area contributed by atoms with E-state index in [0.29, 0.717) is 5.56 Å². The number of unbranched alkanes of at least 4 members (excludes halogenated alkanes) is 2. The number of aliphatic hydroxyl groups excluding tert-OH is 1. The topological polar surface area (TPSA) is 126 Å². The molecule has 6 rings (SSSR count). The number of carbonyl (C=O) groups excluding carboxylic acids is 1. The zero-order valence-electron chi connectivity index (χ0n) is 28.9. The van der Waals surface area contributed by atoms with Gasteiger partial charge in [-0.1, -0.05) is 56.1 Å². The average Bonchev–Trinajstić information content (AvgIpc) is 3.80. The number of anilines is 1. The van der Waals surface area contributed by atoms with E-state index in [0.717, 1.165) is 42.9 Å². The second-order valence-electron chi connectivity index (χ2n) is 13.8. The Morgan fingerprint density at radius 3 is 2.63 bits per heavy atom. The molecule has 256 valence electrons. The smallest absolute Gasteiger partial charge is 0.390 e. The molecule has 0 radical (unpaired) electrons. The molecule has 1 fully saturated rings. The second-order valence-corrected chi connectivity index (χ2v) is 18.1. The number of hydrogen-bond acceptors (Lipinski definition) is 7. The van der Waals surface area contributed by atoms with E-state index in [1.165, 1.54) is 75.4 Å². The average molecular weight is 679 g/mol. The zero-order chi connectivity index (χ0) is 34.7. The van der Waals surface area contributed by atoms with Gasteiger partial charge in [-0.15, -0.1) is 0 Å². The van der Waals surface area contributed by atoms with E-state index < -0.39 is 19.1 Å². The molecule has 1 amide bonds. The van der Waals surface area contributed by atoms with Crippen LogP contribution in [0.4, 0.5) is 11.6 Å². The molecule has 1 saturated heterocycles. The Morgan fingerprint density at radius 1 is 1.12 bits per heavy atom. The fraction of sp³-hybridized carbons (Fsp3) is 0.395. The van der Waals surface area contributed by atoms with E-state index in [1.807, 2.05) is 25.1 Å². The van der Waals surface area contributed by atoms with Crippen LogP contribution in [-0.4, -0.2) is 71.6 Å². The SMILES string of the molecule is CCCCCN=C1C=CC2=C(c3ccc(C(=O)NCC(O)Cn4ccnc4[N+](=O)[O-])cc3C)c3ccc(N4CCCC4)cc3[Si](C)(C)C2=C1. The molecule has 2 aromatic carbocycles. The van der Waals surface area contributed by atoms with Gasteiger partial charge in [-0.05, 0) is 106 Å². The number of nitro groups is 1. The van der Waals surface area contributed by atoms with E-state index >= 15 is 0 Å². The molecule has 1 aliphatic carbocycles. The van der Waals surface area contributed by atoms with Crippen LogP contribution in [-0.2, 0) is 6.54 Å². The number of aromatic nitrogens is 2. The van der Waals surface area contributed by atoms with Gasteiger partial charge < -0.3 is 25.4 Å². The molecule has 3 aliphatic rings. The van der Waals surface area contributed by atoms with Gasteiger partial charge in [-0.2, -0.15) is 0 Å². The lowest BCUT2D eigenvalue weighted by Crippen LogP contribution is -2.49. The molecule has 49 heavy (non-hydrogen) atoms. The van der Waals surface area contributed by atoms with Crippen LogP contribution in [0.2, 0.25) is 13.1 Å². The van der Waals surface area contributed by atoms with Gasteiger partial charge in [-0.3, -0.25) is 9.79 Å². The quantitative estimate of drug-likeness (QED) is 0.107. The molecule has 1 unspecified atom stereocenters. The number of aryl methyl sites for hydroxylation is 1. The third-order valence-corrected chi connectivity index (χ3v) is 13.5. The largest absolute Gasteiger partial charge is 0.434 e. The van der Waals surface area contributed by atoms with Crippen molar-refractivity contribution in [3.05, 3.63) is 110 Å². The number of nitrogens with zero attached hydrogens (tertiary/aromatic N) is 5. The normalized spacial score (nSPS) is 17.9. The Hall–Kier alpha value is -4.61. The van der Waals surface area contributed by atoms with Crippen molar-refractivity contribution in [3.63, 3.8) is 0 Å². The van der Waals surface area contributed by atoms with Crippen molar-refractivity contribution in [3.8, 4) is 0 Å². The summed E-state index contributed by atoms with van der Waals surface area (Å²) in [5, 5.41) is 27.3. The van der Waals surface area contributed by atoms with Crippen molar-refractivity contribution in [2.75, 3.05) is 31.1 Å². The van der Waals surface area contributed by atoms with Crippen LogP contribution >= 0.6 is 0 Å². The van der Waals surface area contributed by atoms with Crippen LogP contribution in [0, 0.1) is 17.0 Å². The molecular formula is C38H46N6O4Si. The molecule has 10 nitrogen and oxygen atoms in total. The number of carbonyl (C=O) groups is 1. The number of allylic oxidation sites excluding steroid dienone is 5. The summed E-state index contributed by atoms with van der Waals surface area (Å²) in [4.78, 5) is 35.0. The summed E-state index contributed by atoms with van der Waals surface area (Å²) in [7, 11) is -2.11. The Bertz CT molecular complexity index is 1880. The first-order valence-electron chi connectivity index (χ1n) is 17.4. The van der Waals surface area contributed by atoms with Gasteiger partial charge in [0.25, 0.3) is 5.91 Å². The number of rotatable bonds is 12. The number of imidazole rings is 1. The maximum atomic E-state index is 13.2. The van der Waals surface area contributed by atoms with E-state index in [4.69, 9.17) is 4.99 Å². The first-order chi connectivity index (χ1) is 23.6. The van der Waals surface area contributed by atoms with Crippen molar-refractivity contribution in [2.24, 2.45) is 4.99 Å². The van der Waals surface area contributed by atoms with Gasteiger partial charge >= 0.3 is 5.95 Å². The van der Waals surface area contributed by atoms with Crippen molar-refractivity contribution in [1.29, 1.82) is 0 Å². The fourth-order valence-electron chi connectivity index (χ4n) is 7.26. The number of benzene rings is 2. The highest BCUT2D eigenvalue weighted by Gasteiger charge is 2.40. The summed E-state index contributed by atoms with van der Waals surface area (Å²) < 4.78 is 1.26. The van der Waals surface area contributed by atoms with Crippen molar-refractivity contribution < 1.29 is 14.8 Å². The molecule has 2 N–H and O–H groups in total. The third-order valence-electron chi connectivity index (χ3n) is 9.94.